The van der Waals surface area contributed by atoms with Gasteiger partial charge in [0.25, 0.3) is 0 Å². The third-order valence-corrected chi connectivity index (χ3v) is 9.44. The minimum absolute atomic E-state index is 0.276. The molecule has 0 aromatic carbocycles. The van der Waals surface area contributed by atoms with Gasteiger partial charge < -0.3 is 15.1 Å². The highest BCUT2D eigenvalue weighted by atomic mass is 35.5. The van der Waals surface area contributed by atoms with E-state index in [1.165, 1.54) is 6.08 Å². The molecule has 13 heteroatoms. The van der Waals surface area contributed by atoms with Crippen molar-refractivity contribution in [1.29, 1.82) is 0 Å². The minimum Gasteiger partial charge on any atom is -0.441 e. The monoisotopic (exact) mass is 569 g/mol. The van der Waals surface area contributed by atoms with E-state index in [0.717, 1.165) is 17.1 Å². The van der Waals surface area contributed by atoms with Crippen LogP contribution in [0.25, 0.3) is 11.5 Å². The second-order valence-electron chi connectivity index (χ2n) is 8.28. The first-order chi connectivity index (χ1) is 17.1. The van der Waals surface area contributed by atoms with E-state index < -0.39 is 27.1 Å². The van der Waals surface area contributed by atoms with Crippen molar-refractivity contribution in [2.24, 2.45) is 5.92 Å². The van der Waals surface area contributed by atoms with Crippen LogP contribution in [0.3, 0.4) is 0 Å². The lowest BCUT2D eigenvalue weighted by atomic mass is 9.96. The summed E-state index contributed by atoms with van der Waals surface area (Å²) in [7, 11) is -4.01. The number of nitrogens with two attached hydrogens (primary N) is 1. The van der Waals surface area contributed by atoms with Crippen molar-refractivity contribution in [2.75, 3.05) is 23.7 Å². The van der Waals surface area contributed by atoms with E-state index in [1.807, 2.05) is 11.8 Å². The predicted octanol–water partition coefficient (Wildman–Crippen LogP) is 4.84. The van der Waals surface area contributed by atoms with Gasteiger partial charge in [0.05, 0.1) is 21.8 Å². The maximum atomic E-state index is 12.9. The van der Waals surface area contributed by atoms with E-state index in [1.54, 1.807) is 24.5 Å². The van der Waals surface area contributed by atoms with Crippen LogP contribution in [0, 0.1) is 5.92 Å². The van der Waals surface area contributed by atoms with E-state index >= 15 is 0 Å². The summed E-state index contributed by atoms with van der Waals surface area (Å²) in [5.74, 6) is 0.542. The smallest absolute Gasteiger partial charge is 0.246 e. The average Bonchev–Trinajstić information content (AvgIpc) is 3.50. The van der Waals surface area contributed by atoms with Crippen LogP contribution in [-0.4, -0.2) is 37.4 Å². The number of nitrogens with zero attached hydrogens (tertiary/aromatic N) is 3. The summed E-state index contributed by atoms with van der Waals surface area (Å²) in [6.07, 6.45) is 6.03. The number of hydrogen-bond donors (Lipinski definition) is 2. The molecule has 3 N–H and O–H groups in total. The average molecular weight is 571 g/mol. The SMILES string of the molecule is C=CC(c1ccc(Cl)s1)S(=O)(=O)NC(=O)C1CCN(c2ncc(-c3ncc(CC)o3)c(N)c2Cl)CC1. The molecule has 3 aromatic heterocycles. The number of hydrogen-bond acceptors (Lipinski definition) is 9. The van der Waals surface area contributed by atoms with Crippen molar-refractivity contribution < 1.29 is 17.6 Å². The van der Waals surface area contributed by atoms with Crippen LogP contribution in [0.15, 0.2) is 41.6 Å². The number of thiophene rings is 1. The van der Waals surface area contributed by atoms with Crippen LogP contribution in [0.2, 0.25) is 9.36 Å². The molecule has 1 fully saturated rings. The van der Waals surface area contributed by atoms with Gasteiger partial charge in [0.15, 0.2) is 0 Å². The maximum Gasteiger partial charge on any atom is 0.246 e. The molecule has 9 nitrogen and oxygen atoms in total. The molecule has 192 valence electrons. The number of anilines is 2. The van der Waals surface area contributed by atoms with Crippen molar-refractivity contribution in [3.05, 3.63) is 57.2 Å². The number of halogens is 2. The Morgan fingerprint density at radius 1 is 1.33 bits per heavy atom. The molecule has 1 saturated heterocycles. The van der Waals surface area contributed by atoms with Gasteiger partial charge in [-0.15, -0.1) is 17.9 Å². The lowest BCUT2D eigenvalue weighted by Crippen LogP contribution is -2.43. The zero-order valence-corrected chi connectivity index (χ0v) is 22.6. The summed E-state index contributed by atoms with van der Waals surface area (Å²) in [6, 6.07) is 3.22. The molecule has 0 spiro atoms. The highest BCUT2D eigenvalue weighted by Gasteiger charge is 2.33. The number of carbonyl (C=O) groups excluding carboxylic acids is 1. The lowest BCUT2D eigenvalue weighted by molar-refractivity contribution is -0.123. The van der Waals surface area contributed by atoms with E-state index in [-0.39, 0.29) is 5.02 Å². The Hall–Kier alpha value is -2.60. The van der Waals surface area contributed by atoms with E-state index in [4.69, 9.17) is 33.4 Å². The summed E-state index contributed by atoms with van der Waals surface area (Å²) in [6.45, 7) is 6.47. The number of aryl methyl sites for hydroxylation is 1. The second kappa shape index (κ2) is 10.8. The Balaban J connectivity index is 1.41. The fourth-order valence-electron chi connectivity index (χ4n) is 3.99. The number of oxazole rings is 1. The molecular weight excluding hydrogens is 545 g/mol. The van der Waals surface area contributed by atoms with Gasteiger partial charge in [-0.3, -0.25) is 9.52 Å². The summed E-state index contributed by atoms with van der Waals surface area (Å²) >= 11 is 13.6. The molecule has 3 aromatic rings. The highest BCUT2D eigenvalue weighted by molar-refractivity contribution is 7.90. The second-order valence-corrected chi connectivity index (χ2v) is 12.2. The van der Waals surface area contributed by atoms with Crippen molar-refractivity contribution in [1.82, 2.24) is 14.7 Å². The molecule has 36 heavy (non-hydrogen) atoms. The number of nitrogens with one attached hydrogen (secondary N) is 1. The summed E-state index contributed by atoms with van der Waals surface area (Å²) in [5, 5.41) is -0.793. The summed E-state index contributed by atoms with van der Waals surface area (Å²) in [4.78, 5) is 23.9. The number of aromatic nitrogens is 2. The first-order valence-corrected chi connectivity index (χ1v) is 14.3. The first kappa shape index (κ1) is 26.5. The molecule has 1 amide bonds. The maximum absolute atomic E-state index is 12.9. The molecule has 1 aliphatic heterocycles. The largest absolute Gasteiger partial charge is 0.441 e. The fraction of sp³-hybridized carbons (Fsp3) is 0.348. The Morgan fingerprint density at radius 2 is 2.06 bits per heavy atom. The van der Waals surface area contributed by atoms with Gasteiger partial charge in [-0.1, -0.05) is 36.2 Å². The van der Waals surface area contributed by atoms with E-state index in [2.05, 4.69) is 21.3 Å². The zero-order valence-electron chi connectivity index (χ0n) is 19.4. The van der Waals surface area contributed by atoms with Crippen LogP contribution in [0.4, 0.5) is 11.5 Å². The molecule has 1 atom stereocenters. The Kier molecular flexibility index (Phi) is 7.93. The Labute approximate surface area is 223 Å². The summed E-state index contributed by atoms with van der Waals surface area (Å²) < 4.78 is 34.1. The molecular formula is C23H25Cl2N5O4S2. The van der Waals surface area contributed by atoms with Gasteiger partial charge in [-0.2, -0.15) is 0 Å². The first-order valence-electron chi connectivity index (χ1n) is 11.2. The zero-order chi connectivity index (χ0) is 26.0. The third kappa shape index (κ3) is 5.39. The minimum atomic E-state index is -4.01. The molecule has 4 heterocycles. The van der Waals surface area contributed by atoms with Crippen LogP contribution in [0.1, 0.15) is 35.7 Å². The fourth-order valence-corrected chi connectivity index (χ4v) is 7.04. The van der Waals surface area contributed by atoms with Crippen molar-refractivity contribution in [3.8, 4) is 11.5 Å². The van der Waals surface area contributed by atoms with Crippen LogP contribution >= 0.6 is 34.5 Å². The standard InChI is InChI=1S/C23H25Cl2N5O4S2/c1-3-14-11-28-23(34-14)15-12-27-21(19(25)20(15)26)30-9-7-13(8-10-30)22(31)29-36(32,33)17(4-2)16-5-6-18(24)35-16/h4-6,11-13,17H,2-3,7-10H2,1H3,(H2,26,27)(H,29,31). The molecule has 1 unspecified atom stereocenters. The molecule has 1 aliphatic rings. The van der Waals surface area contributed by atoms with Crippen LogP contribution in [-0.2, 0) is 21.2 Å². The number of amides is 1. The van der Waals surface area contributed by atoms with Crippen molar-refractivity contribution in [2.45, 2.75) is 31.4 Å². The number of sulfonamides is 1. The molecule has 4 rings (SSSR count). The number of piperidine rings is 1. The van der Waals surface area contributed by atoms with E-state index in [9.17, 15) is 13.2 Å². The molecule has 0 radical (unpaired) electrons. The van der Waals surface area contributed by atoms with Crippen molar-refractivity contribution >= 4 is 62.0 Å². The summed E-state index contributed by atoms with van der Waals surface area (Å²) in [5.41, 5.74) is 7.08. The van der Waals surface area contributed by atoms with Crippen LogP contribution < -0.4 is 15.4 Å². The number of rotatable bonds is 8. The van der Waals surface area contributed by atoms with Gasteiger partial charge in [0.2, 0.25) is 21.8 Å². The topological polar surface area (TPSA) is 131 Å². The van der Waals surface area contributed by atoms with Crippen LogP contribution in [0.5, 0.6) is 0 Å². The van der Waals surface area contributed by atoms with Gasteiger partial charge >= 0.3 is 0 Å². The number of nitrogen functional groups attached to an aromatic ring is 1. The van der Waals surface area contributed by atoms with E-state index in [0.29, 0.717) is 64.5 Å². The van der Waals surface area contributed by atoms with Gasteiger partial charge in [-0.05, 0) is 25.0 Å². The lowest BCUT2D eigenvalue weighted by Gasteiger charge is -2.33. The van der Waals surface area contributed by atoms with Gasteiger partial charge in [0, 0.05) is 36.5 Å². The molecule has 0 aliphatic carbocycles. The molecule has 0 bridgehead atoms. The molecule has 0 saturated carbocycles. The number of carbonyl (C=O) groups is 1. The highest BCUT2D eigenvalue weighted by Crippen LogP contribution is 2.38. The van der Waals surface area contributed by atoms with Gasteiger partial charge in [-0.25, -0.2) is 18.4 Å². The normalized spacial score (nSPS) is 15.6. The number of pyridine rings is 1. The van der Waals surface area contributed by atoms with Crippen molar-refractivity contribution in [3.63, 3.8) is 0 Å². The quantitative estimate of drug-likeness (QED) is 0.368. The third-order valence-electron chi connectivity index (χ3n) is 6.00. The van der Waals surface area contributed by atoms with Gasteiger partial charge in [0.1, 0.15) is 21.9 Å². The Morgan fingerprint density at radius 3 is 2.64 bits per heavy atom. The predicted molar refractivity (Wildman–Crippen MR) is 143 cm³/mol. The Bertz CT molecular complexity index is 1380.